The first-order chi connectivity index (χ1) is 17.0. The monoisotopic (exact) mass is 494 g/mol. The zero-order chi connectivity index (χ0) is 25.5. The van der Waals surface area contributed by atoms with Gasteiger partial charge in [0.2, 0.25) is 0 Å². The number of allylic oxidation sites excluding steroid dienone is 2. The molecule has 0 amide bonds. The van der Waals surface area contributed by atoms with Crippen molar-refractivity contribution in [2.45, 2.75) is 90.1 Å². The summed E-state index contributed by atoms with van der Waals surface area (Å²) in [6, 6.07) is 0. The van der Waals surface area contributed by atoms with E-state index in [9.17, 15) is 19.8 Å². The van der Waals surface area contributed by atoms with Gasteiger partial charge in [0, 0.05) is 34.7 Å². The van der Waals surface area contributed by atoms with Gasteiger partial charge in [0.25, 0.3) is 0 Å². The Bertz CT molecular complexity index is 1150. The summed E-state index contributed by atoms with van der Waals surface area (Å²) < 4.78 is 12.1. The number of hydrogen-bond donors (Lipinski definition) is 2. The molecule has 7 rings (SSSR count). The number of ether oxygens (including phenoxy) is 2. The van der Waals surface area contributed by atoms with Gasteiger partial charge in [-0.05, 0) is 68.8 Å². The molecule has 0 aromatic carbocycles. The van der Waals surface area contributed by atoms with Crippen LogP contribution in [0.4, 0.5) is 0 Å². The Morgan fingerprint density at radius 1 is 0.972 bits per heavy atom. The normalized spacial score (nSPS) is 55.2. The molecule has 5 aliphatic carbocycles. The zero-order valence-corrected chi connectivity index (χ0v) is 21.6. The van der Waals surface area contributed by atoms with E-state index in [0.29, 0.717) is 30.8 Å². The molecule has 2 spiro atoms. The topological polar surface area (TPSA) is 93.1 Å². The molecule has 4 saturated carbocycles. The summed E-state index contributed by atoms with van der Waals surface area (Å²) in [6.45, 7) is 14.9. The second-order valence-corrected chi connectivity index (χ2v) is 13.5. The minimum atomic E-state index is -0.712. The van der Waals surface area contributed by atoms with E-state index in [1.807, 2.05) is 0 Å². The number of carbonyl (C=O) groups excluding carboxylic acids is 2. The number of carbonyl (C=O) groups is 2. The lowest BCUT2D eigenvalue weighted by Crippen LogP contribution is -2.58. The van der Waals surface area contributed by atoms with E-state index in [1.54, 1.807) is 0 Å². The van der Waals surface area contributed by atoms with Crippen molar-refractivity contribution in [3.8, 4) is 0 Å². The molecule has 36 heavy (non-hydrogen) atoms. The van der Waals surface area contributed by atoms with Crippen LogP contribution < -0.4 is 0 Å². The van der Waals surface area contributed by atoms with Crippen LogP contribution in [0, 0.1) is 45.8 Å². The number of esters is 2. The highest BCUT2D eigenvalue weighted by molar-refractivity contribution is 5.91. The van der Waals surface area contributed by atoms with Crippen LogP contribution in [0.15, 0.2) is 35.5 Å². The fraction of sp³-hybridized carbons (Fsp3) is 0.733. The first kappa shape index (κ1) is 23.2. The van der Waals surface area contributed by atoms with E-state index >= 15 is 0 Å². The standard InChI is InChI=1S/C30H38O6/c1-13-6-23-18(15(3)26(33)35-23)7-20-14(2)17-10-29(13,20)30(11-17)21-8-19-16(4)22(31)9-25(32)28(19,5)12-24(21)36-27(30)34/h13,17-19,21-25,31-32H,3-4,6-12H2,1-2,5H3/t13-,17-,18+,19-,21-,22+,23-,24+,25-,28+,29+,30+/m0/s1. The first-order valence-electron chi connectivity index (χ1n) is 13.8. The van der Waals surface area contributed by atoms with E-state index < -0.39 is 23.0 Å². The molecule has 2 bridgehead atoms. The summed E-state index contributed by atoms with van der Waals surface area (Å²) in [5, 5.41) is 21.7. The van der Waals surface area contributed by atoms with Crippen molar-refractivity contribution in [1.29, 1.82) is 0 Å². The van der Waals surface area contributed by atoms with Gasteiger partial charge in [-0.2, -0.15) is 0 Å². The fourth-order valence-electron chi connectivity index (χ4n) is 10.7. The molecule has 6 fully saturated rings. The van der Waals surface area contributed by atoms with E-state index in [2.05, 4.69) is 33.9 Å². The van der Waals surface area contributed by atoms with Crippen molar-refractivity contribution in [3.63, 3.8) is 0 Å². The molecule has 2 heterocycles. The average molecular weight is 495 g/mol. The maximum Gasteiger partial charge on any atom is 0.334 e. The summed E-state index contributed by atoms with van der Waals surface area (Å²) >= 11 is 0. The van der Waals surface area contributed by atoms with E-state index in [0.717, 1.165) is 31.3 Å². The molecule has 0 unspecified atom stereocenters. The minimum Gasteiger partial charge on any atom is -0.462 e. The van der Waals surface area contributed by atoms with Gasteiger partial charge in [-0.15, -0.1) is 0 Å². The molecule has 0 aromatic heterocycles. The quantitative estimate of drug-likeness (QED) is 0.302. The molecule has 12 atom stereocenters. The van der Waals surface area contributed by atoms with Crippen molar-refractivity contribution in [3.05, 3.63) is 35.5 Å². The largest absolute Gasteiger partial charge is 0.462 e. The molecule has 0 aromatic rings. The van der Waals surface area contributed by atoms with Crippen LogP contribution in [-0.4, -0.2) is 46.6 Å². The van der Waals surface area contributed by atoms with Gasteiger partial charge in [0.15, 0.2) is 0 Å². The summed E-state index contributed by atoms with van der Waals surface area (Å²) in [5.74, 6) is 0.119. The lowest BCUT2D eigenvalue weighted by Gasteiger charge is -2.57. The fourth-order valence-corrected chi connectivity index (χ4v) is 10.7. The Morgan fingerprint density at radius 3 is 2.44 bits per heavy atom. The van der Waals surface area contributed by atoms with Crippen LogP contribution in [-0.2, 0) is 19.1 Å². The number of aliphatic hydroxyl groups excluding tert-OH is 2. The lowest BCUT2D eigenvalue weighted by molar-refractivity contribution is -0.156. The summed E-state index contributed by atoms with van der Waals surface area (Å²) in [5.41, 5.74) is 2.74. The third-order valence-electron chi connectivity index (χ3n) is 12.5. The first-order valence-corrected chi connectivity index (χ1v) is 13.8. The molecule has 0 radical (unpaired) electrons. The van der Waals surface area contributed by atoms with Gasteiger partial charge in [-0.25, -0.2) is 4.79 Å². The van der Waals surface area contributed by atoms with E-state index in [-0.39, 0.29) is 53.2 Å². The van der Waals surface area contributed by atoms with Gasteiger partial charge in [-0.1, -0.05) is 38.2 Å². The Kier molecular flexibility index (Phi) is 4.47. The summed E-state index contributed by atoms with van der Waals surface area (Å²) in [4.78, 5) is 26.6. The number of hydrogen-bond acceptors (Lipinski definition) is 6. The lowest BCUT2D eigenvalue weighted by atomic mass is 9.45. The van der Waals surface area contributed by atoms with Crippen molar-refractivity contribution in [1.82, 2.24) is 0 Å². The Balaban J connectivity index is 1.34. The molecule has 194 valence electrons. The molecule has 2 N–H and O–H groups in total. The SMILES string of the molecule is C=C1C(=O)O[C@H]2C[C@H](C)[C@@]34C[C@@H](C[C@@]35C(=O)O[C@@H]3C[C@@]6(C)[C@@H](O)C[C@@H](O)C(=C)[C@@H]6C[C@@H]35)C(C)=C4C[C@H]12. The van der Waals surface area contributed by atoms with E-state index in [1.165, 1.54) is 11.1 Å². The minimum absolute atomic E-state index is 0.0213. The van der Waals surface area contributed by atoms with Crippen LogP contribution in [0.25, 0.3) is 0 Å². The van der Waals surface area contributed by atoms with Crippen molar-refractivity contribution < 1.29 is 29.3 Å². The average Bonchev–Trinajstić information content (AvgIpc) is 3.46. The van der Waals surface area contributed by atoms with Crippen LogP contribution in [0.5, 0.6) is 0 Å². The highest BCUT2D eigenvalue weighted by Gasteiger charge is 2.78. The van der Waals surface area contributed by atoms with Gasteiger partial charge in [0.1, 0.15) is 12.2 Å². The third-order valence-corrected chi connectivity index (χ3v) is 12.5. The van der Waals surface area contributed by atoms with Crippen LogP contribution in [0.1, 0.15) is 65.7 Å². The maximum absolute atomic E-state index is 14.2. The Morgan fingerprint density at radius 2 is 1.69 bits per heavy atom. The summed E-state index contributed by atoms with van der Waals surface area (Å²) in [7, 11) is 0. The highest BCUT2D eigenvalue weighted by atomic mass is 16.6. The molecule has 6 heteroatoms. The molecular formula is C30H38O6. The molecule has 6 nitrogen and oxygen atoms in total. The predicted molar refractivity (Wildman–Crippen MR) is 131 cm³/mol. The highest BCUT2D eigenvalue weighted by Crippen LogP contribution is 2.78. The third kappa shape index (κ3) is 2.38. The van der Waals surface area contributed by atoms with Crippen LogP contribution in [0.2, 0.25) is 0 Å². The van der Waals surface area contributed by atoms with Crippen molar-refractivity contribution in [2.75, 3.05) is 0 Å². The van der Waals surface area contributed by atoms with Crippen LogP contribution in [0.3, 0.4) is 0 Å². The molecule has 7 aliphatic rings. The van der Waals surface area contributed by atoms with Gasteiger partial charge < -0.3 is 19.7 Å². The Labute approximate surface area is 212 Å². The number of rotatable bonds is 0. The van der Waals surface area contributed by atoms with Crippen molar-refractivity contribution >= 4 is 11.9 Å². The van der Waals surface area contributed by atoms with Gasteiger partial charge >= 0.3 is 11.9 Å². The molecule has 2 saturated heterocycles. The van der Waals surface area contributed by atoms with E-state index in [4.69, 9.17) is 9.47 Å². The maximum atomic E-state index is 14.2. The number of aliphatic hydroxyl groups is 2. The summed E-state index contributed by atoms with van der Waals surface area (Å²) in [6.07, 6.45) is 3.09. The zero-order valence-electron chi connectivity index (χ0n) is 21.6. The Hall–Kier alpha value is -1.92. The predicted octanol–water partition coefficient (Wildman–Crippen LogP) is 3.87. The number of fused-ring (bicyclic) bond motifs is 5. The van der Waals surface area contributed by atoms with Gasteiger partial charge in [-0.3, -0.25) is 4.79 Å². The van der Waals surface area contributed by atoms with Crippen LogP contribution >= 0.6 is 0 Å². The molecule has 2 aliphatic heterocycles. The molecular weight excluding hydrogens is 456 g/mol. The van der Waals surface area contributed by atoms with Gasteiger partial charge in [0.05, 0.1) is 17.6 Å². The second-order valence-electron chi connectivity index (χ2n) is 13.5. The van der Waals surface area contributed by atoms with Crippen molar-refractivity contribution in [2.24, 2.45) is 45.8 Å². The smallest absolute Gasteiger partial charge is 0.334 e. The second kappa shape index (κ2) is 6.93.